The number of rotatable bonds is 8. The molecule has 37 heavy (non-hydrogen) atoms. The fourth-order valence-corrected chi connectivity index (χ4v) is 4.74. The number of carbonyl (C=O) groups is 1. The smallest absolute Gasteiger partial charge is 0.248 e. The number of carbonyl (C=O) groups excluding carboxylic acids is 1. The number of aliphatic hydroxyl groups is 1. The highest BCUT2D eigenvalue weighted by Gasteiger charge is 2.19. The lowest BCUT2D eigenvalue weighted by atomic mass is 10.1. The molecule has 0 spiro atoms. The van der Waals surface area contributed by atoms with E-state index in [9.17, 15) is 9.90 Å². The Hall–Kier alpha value is -4.57. The third-order valence-corrected chi connectivity index (χ3v) is 6.70. The van der Waals surface area contributed by atoms with Crippen LogP contribution < -0.4 is 21.7 Å². The Morgan fingerprint density at radius 1 is 1.03 bits per heavy atom. The van der Waals surface area contributed by atoms with Crippen LogP contribution in [0.2, 0.25) is 0 Å². The molecule has 1 aliphatic rings. The SMILES string of the molecule is NC(=O)c1ccc(Cn2c(C(O)Nc3cc(N4CCCC4)ccn3)cc3ccc(/C(N)=N/O)cc32)cc1. The highest BCUT2D eigenvalue weighted by molar-refractivity contribution is 6.00. The third-order valence-electron chi connectivity index (χ3n) is 6.70. The van der Waals surface area contributed by atoms with Gasteiger partial charge in [-0.2, -0.15) is 0 Å². The Morgan fingerprint density at radius 2 is 1.76 bits per heavy atom. The van der Waals surface area contributed by atoms with Crippen molar-refractivity contribution >= 4 is 34.2 Å². The summed E-state index contributed by atoms with van der Waals surface area (Å²) in [5, 5.41) is 27.6. The largest absolute Gasteiger partial charge is 0.409 e. The number of nitrogens with zero attached hydrogens (tertiary/aromatic N) is 4. The molecular weight excluding hydrogens is 470 g/mol. The molecule has 1 atom stereocenters. The summed E-state index contributed by atoms with van der Waals surface area (Å²) in [6.45, 7) is 2.42. The molecule has 4 aromatic rings. The fraction of sp³-hybridized carbons (Fsp3) is 0.222. The summed E-state index contributed by atoms with van der Waals surface area (Å²) in [5.74, 6) is 0.0609. The van der Waals surface area contributed by atoms with E-state index in [2.05, 4.69) is 20.4 Å². The topological polar surface area (TPSA) is 155 Å². The predicted molar refractivity (Wildman–Crippen MR) is 143 cm³/mol. The van der Waals surface area contributed by atoms with Gasteiger partial charge in [-0.05, 0) is 48.7 Å². The van der Waals surface area contributed by atoms with Gasteiger partial charge in [0.1, 0.15) is 5.82 Å². The van der Waals surface area contributed by atoms with Gasteiger partial charge in [0.2, 0.25) is 5.91 Å². The number of hydrogen-bond donors (Lipinski definition) is 5. The monoisotopic (exact) mass is 499 g/mol. The second-order valence-electron chi connectivity index (χ2n) is 9.12. The number of pyridine rings is 1. The van der Waals surface area contributed by atoms with Crippen molar-refractivity contribution in [3.8, 4) is 0 Å². The number of amidine groups is 1. The lowest BCUT2D eigenvalue weighted by molar-refractivity contribution is 0.1000. The maximum atomic E-state index is 11.5. The van der Waals surface area contributed by atoms with E-state index in [1.807, 2.05) is 47.0 Å². The van der Waals surface area contributed by atoms with Crippen LogP contribution in [0, 0.1) is 0 Å². The first-order chi connectivity index (χ1) is 17.9. The van der Waals surface area contributed by atoms with Crippen molar-refractivity contribution in [1.82, 2.24) is 9.55 Å². The van der Waals surface area contributed by atoms with Crippen molar-refractivity contribution in [3.63, 3.8) is 0 Å². The fourth-order valence-electron chi connectivity index (χ4n) is 4.74. The molecule has 3 heterocycles. The number of nitrogens with two attached hydrogens (primary N) is 2. The molecule has 1 aliphatic heterocycles. The second kappa shape index (κ2) is 10.2. The van der Waals surface area contributed by atoms with Crippen LogP contribution in [0.5, 0.6) is 0 Å². The van der Waals surface area contributed by atoms with Gasteiger partial charge in [-0.15, -0.1) is 0 Å². The molecule has 5 rings (SSSR count). The minimum atomic E-state index is -1.06. The lowest BCUT2D eigenvalue weighted by Gasteiger charge is -2.20. The predicted octanol–water partition coefficient (Wildman–Crippen LogP) is 2.98. The molecule has 1 fully saturated rings. The van der Waals surface area contributed by atoms with Crippen LogP contribution in [0.4, 0.5) is 11.5 Å². The van der Waals surface area contributed by atoms with Gasteiger partial charge in [-0.1, -0.05) is 29.4 Å². The first kappa shape index (κ1) is 24.1. The Labute approximate surface area is 213 Å². The van der Waals surface area contributed by atoms with Crippen LogP contribution in [0.1, 0.15) is 46.2 Å². The van der Waals surface area contributed by atoms with Crippen LogP contribution in [0.3, 0.4) is 0 Å². The van der Waals surface area contributed by atoms with E-state index in [1.54, 1.807) is 24.4 Å². The van der Waals surface area contributed by atoms with E-state index in [1.165, 1.54) is 12.8 Å². The van der Waals surface area contributed by atoms with Crippen molar-refractivity contribution in [2.75, 3.05) is 23.3 Å². The average Bonchev–Trinajstić information content (AvgIpc) is 3.57. The summed E-state index contributed by atoms with van der Waals surface area (Å²) >= 11 is 0. The molecule has 10 heteroatoms. The lowest BCUT2D eigenvalue weighted by Crippen LogP contribution is -2.19. The molecule has 0 radical (unpaired) electrons. The number of nitrogens with one attached hydrogen (secondary N) is 1. The highest BCUT2D eigenvalue weighted by Crippen LogP contribution is 2.29. The zero-order chi connectivity index (χ0) is 25.9. The molecule has 190 valence electrons. The Kier molecular flexibility index (Phi) is 6.65. The van der Waals surface area contributed by atoms with Crippen molar-refractivity contribution < 1.29 is 15.1 Å². The van der Waals surface area contributed by atoms with E-state index in [0.717, 1.165) is 35.2 Å². The molecule has 2 aromatic heterocycles. The number of aliphatic hydroxyl groups excluding tert-OH is 1. The van der Waals surface area contributed by atoms with Gasteiger partial charge in [0, 0.05) is 59.6 Å². The highest BCUT2D eigenvalue weighted by atomic mass is 16.4. The van der Waals surface area contributed by atoms with E-state index in [-0.39, 0.29) is 5.84 Å². The van der Waals surface area contributed by atoms with Gasteiger partial charge in [0.15, 0.2) is 12.1 Å². The summed E-state index contributed by atoms with van der Waals surface area (Å²) in [6, 6.07) is 18.2. The van der Waals surface area contributed by atoms with E-state index < -0.39 is 12.1 Å². The van der Waals surface area contributed by atoms with Crippen molar-refractivity contribution in [2.45, 2.75) is 25.6 Å². The van der Waals surface area contributed by atoms with Crippen molar-refractivity contribution in [2.24, 2.45) is 16.6 Å². The Balaban J connectivity index is 1.51. The molecule has 0 bridgehead atoms. The zero-order valence-electron chi connectivity index (χ0n) is 20.2. The maximum Gasteiger partial charge on any atom is 0.248 e. The number of aromatic nitrogens is 2. The molecule has 0 saturated carbocycles. The number of oxime groups is 1. The zero-order valence-corrected chi connectivity index (χ0v) is 20.2. The van der Waals surface area contributed by atoms with Crippen LogP contribution in [-0.4, -0.2) is 44.7 Å². The van der Waals surface area contributed by atoms with Crippen LogP contribution in [0.25, 0.3) is 10.9 Å². The molecular formula is C27H29N7O3. The standard InChI is InChI=1S/C27H29N7O3/c28-25(32-37)20-8-7-19-13-23(27(36)31-24-15-21(9-10-30-24)33-11-1-2-12-33)34(22(19)14-20)16-17-3-5-18(6-4-17)26(29)35/h3-10,13-15,27,36-37H,1-2,11-12,16H2,(H2,28,32)(H2,29,35)(H,30,31). The number of benzene rings is 2. The normalized spacial score (nSPS) is 14.7. The molecule has 1 unspecified atom stereocenters. The van der Waals surface area contributed by atoms with E-state index >= 15 is 0 Å². The van der Waals surface area contributed by atoms with Gasteiger partial charge < -0.3 is 36.6 Å². The quantitative estimate of drug-likeness (QED) is 0.0820. The Bertz CT molecular complexity index is 1460. The van der Waals surface area contributed by atoms with E-state index in [4.69, 9.17) is 16.7 Å². The summed E-state index contributed by atoms with van der Waals surface area (Å²) in [7, 11) is 0. The minimum Gasteiger partial charge on any atom is -0.409 e. The number of hydrogen-bond acceptors (Lipinski definition) is 7. The average molecular weight is 500 g/mol. The molecule has 0 aliphatic carbocycles. The molecule has 2 aromatic carbocycles. The van der Waals surface area contributed by atoms with Gasteiger partial charge >= 0.3 is 0 Å². The molecule has 1 amide bonds. The number of primary amides is 1. The number of amides is 1. The molecule has 10 nitrogen and oxygen atoms in total. The van der Waals surface area contributed by atoms with Crippen molar-refractivity contribution in [3.05, 3.63) is 89.2 Å². The summed E-state index contributed by atoms with van der Waals surface area (Å²) in [4.78, 5) is 18.2. The maximum absolute atomic E-state index is 11.5. The number of anilines is 2. The van der Waals surface area contributed by atoms with E-state index in [0.29, 0.717) is 29.2 Å². The van der Waals surface area contributed by atoms with Gasteiger partial charge in [0.25, 0.3) is 0 Å². The third kappa shape index (κ3) is 5.05. The minimum absolute atomic E-state index is 0.0105. The first-order valence-corrected chi connectivity index (χ1v) is 12.1. The summed E-state index contributed by atoms with van der Waals surface area (Å²) in [6.07, 6.45) is 3.01. The number of fused-ring (bicyclic) bond motifs is 1. The first-order valence-electron chi connectivity index (χ1n) is 12.1. The van der Waals surface area contributed by atoms with Crippen molar-refractivity contribution in [1.29, 1.82) is 0 Å². The van der Waals surface area contributed by atoms with Gasteiger partial charge in [-0.25, -0.2) is 4.98 Å². The van der Waals surface area contributed by atoms with Gasteiger partial charge in [0.05, 0.1) is 5.69 Å². The summed E-state index contributed by atoms with van der Waals surface area (Å²) < 4.78 is 1.95. The molecule has 7 N–H and O–H groups in total. The summed E-state index contributed by atoms with van der Waals surface area (Å²) in [5.41, 5.74) is 15.6. The molecule has 1 saturated heterocycles. The second-order valence-corrected chi connectivity index (χ2v) is 9.12. The van der Waals surface area contributed by atoms with Gasteiger partial charge in [-0.3, -0.25) is 4.79 Å². The van der Waals surface area contributed by atoms with Crippen LogP contribution in [0.15, 0.2) is 72.0 Å². The van der Waals surface area contributed by atoms with Crippen LogP contribution >= 0.6 is 0 Å². The van der Waals surface area contributed by atoms with Crippen LogP contribution in [-0.2, 0) is 6.54 Å². The Morgan fingerprint density at radius 3 is 2.46 bits per heavy atom.